The quantitative estimate of drug-likeness (QED) is 0.738. The first-order valence-electron chi connectivity index (χ1n) is 6.50. The second-order valence-corrected chi connectivity index (χ2v) is 7.77. The minimum atomic E-state index is -3.33. The van der Waals surface area contributed by atoms with Crippen molar-refractivity contribution in [3.8, 4) is 21.1 Å². The number of hydrogen-bond acceptors (Lipinski definition) is 6. The Balaban J connectivity index is 2.09. The van der Waals surface area contributed by atoms with Gasteiger partial charge in [-0.05, 0) is 31.2 Å². The molecule has 22 heavy (non-hydrogen) atoms. The second-order valence-electron chi connectivity index (χ2n) is 4.81. The van der Waals surface area contributed by atoms with Crippen molar-refractivity contribution >= 4 is 21.2 Å². The molecule has 0 fully saturated rings. The molecule has 0 bridgehead atoms. The highest BCUT2D eigenvalue weighted by Gasteiger charge is 2.15. The third-order valence-electron chi connectivity index (χ3n) is 3.04. The number of nitrogens with zero attached hydrogens (tertiary/aromatic N) is 3. The molecule has 0 N–H and O–H groups in total. The van der Waals surface area contributed by atoms with Gasteiger partial charge in [-0.3, -0.25) is 4.98 Å². The maximum absolute atomic E-state index is 11.6. The SMILES string of the molecule is Cc1nc(-c2cccnc2)sc1-c1cccc(S(C)(=O)=O)n1. The molecule has 112 valence electrons. The molecule has 0 amide bonds. The number of aromatic nitrogens is 3. The number of thiazole rings is 1. The molecular weight excluding hydrogens is 318 g/mol. The number of hydrogen-bond donors (Lipinski definition) is 0. The van der Waals surface area contributed by atoms with E-state index in [0.717, 1.165) is 27.4 Å². The molecule has 3 heterocycles. The summed E-state index contributed by atoms with van der Waals surface area (Å²) in [5, 5.41) is 0.910. The van der Waals surface area contributed by atoms with Crippen LogP contribution in [0.5, 0.6) is 0 Å². The average molecular weight is 331 g/mol. The largest absolute Gasteiger partial charge is 0.264 e. The molecule has 3 aromatic rings. The molecule has 0 spiro atoms. The molecule has 0 aliphatic heterocycles. The lowest BCUT2D eigenvalue weighted by atomic mass is 10.2. The van der Waals surface area contributed by atoms with Crippen LogP contribution < -0.4 is 0 Å². The fourth-order valence-electron chi connectivity index (χ4n) is 1.99. The first-order chi connectivity index (χ1) is 10.4. The number of sulfone groups is 1. The van der Waals surface area contributed by atoms with Crippen LogP contribution in [0.4, 0.5) is 0 Å². The molecule has 0 atom stereocenters. The maximum atomic E-state index is 11.6. The summed E-state index contributed by atoms with van der Waals surface area (Å²) < 4.78 is 23.3. The minimum Gasteiger partial charge on any atom is -0.264 e. The molecule has 0 aliphatic carbocycles. The Morgan fingerprint density at radius 2 is 1.91 bits per heavy atom. The van der Waals surface area contributed by atoms with E-state index in [1.807, 2.05) is 19.1 Å². The van der Waals surface area contributed by atoms with Gasteiger partial charge in [0.25, 0.3) is 0 Å². The van der Waals surface area contributed by atoms with E-state index in [1.54, 1.807) is 24.5 Å². The van der Waals surface area contributed by atoms with Crippen LogP contribution in [0.3, 0.4) is 0 Å². The summed E-state index contributed by atoms with van der Waals surface area (Å²) in [5.74, 6) is 0. The van der Waals surface area contributed by atoms with Gasteiger partial charge < -0.3 is 0 Å². The van der Waals surface area contributed by atoms with Crippen molar-refractivity contribution in [2.75, 3.05) is 6.26 Å². The standard InChI is InChI=1S/C15H13N3O2S2/c1-10-14(12-6-3-7-13(18-12)22(2,19)20)21-15(17-10)11-5-4-8-16-9-11/h3-9H,1-2H3. The van der Waals surface area contributed by atoms with Crippen molar-refractivity contribution in [1.82, 2.24) is 15.0 Å². The third kappa shape index (κ3) is 2.90. The molecule has 5 nitrogen and oxygen atoms in total. The molecule has 0 aromatic carbocycles. The van der Waals surface area contributed by atoms with Gasteiger partial charge in [0.15, 0.2) is 14.9 Å². The van der Waals surface area contributed by atoms with E-state index < -0.39 is 9.84 Å². The molecule has 0 saturated carbocycles. The van der Waals surface area contributed by atoms with Crippen molar-refractivity contribution in [1.29, 1.82) is 0 Å². The monoisotopic (exact) mass is 331 g/mol. The fraction of sp³-hybridized carbons (Fsp3) is 0.133. The summed E-state index contributed by atoms with van der Waals surface area (Å²) in [7, 11) is -3.33. The molecule has 7 heteroatoms. The van der Waals surface area contributed by atoms with Crippen LogP contribution in [0.1, 0.15) is 5.69 Å². The van der Waals surface area contributed by atoms with Gasteiger partial charge in [0.1, 0.15) is 5.01 Å². The smallest absolute Gasteiger partial charge is 0.192 e. The Morgan fingerprint density at radius 3 is 2.59 bits per heavy atom. The summed E-state index contributed by atoms with van der Waals surface area (Å²) in [6.45, 7) is 1.89. The zero-order valence-corrected chi connectivity index (χ0v) is 13.6. The van der Waals surface area contributed by atoms with Crippen LogP contribution in [0.15, 0.2) is 47.8 Å². The normalized spacial score (nSPS) is 11.5. The van der Waals surface area contributed by atoms with Crippen LogP contribution in [0, 0.1) is 6.92 Å². The molecule has 3 rings (SSSR count). The van der Waals surface area contributed by atoms with Crippen LogP contribution in [0.2, 0.25) is 0 Å². The van der Waals surface area contributed by atoms with E-state index in [2.05, 4.69) is 15.0 Å². The molecule has 0 aliphatic rings. The van der Waals surface area contributed by atoms with Gasteiger partial charge in [0.05, 0.1) is 16.3 Å². The van der Waals surface area contributed by atoms with Gasteiger partial charge in [-0.1, -0.05) is 6.07 Å². The number of aryl methyl sites for hydroxylation is 1. The number of pyridine rings is 2. The van der Waals surface area contributed by atoms with E-state index in [0.29, 0.717) is 5.69 Å². The number of rotatable bonds is 3. The highest BCUT2D eigenvalue weighted by atomic mass is 32.2. The lowest BCUT2D eigenvalue weighted by Crippen LogP contribution is -2.00. The first-order valence-corrected chi connectivity index (χ1v) is 9.21. The summed E-state index contributed by atoms with van der Waals surface area (Å²) in [6.07, 6.45) is 4.62. The Labute approximate surface area is 132 Å². The van der Waals surface area contributed by atoms with E-state index in [9.17, 15) is 8.42 Å². The summed E-state index contributed by atoms with van der Waals surface area (Å²) >= 11 is 1.48. The highest BCUT2D eigenvalue weighted by molar-refractivity contribution is 7.90. The van der Waals surface area contributed by atoms with Gasteiger partial charge in [0.2, 0.25) is 0 Å². The Morgan fingerprint density at radius 1 is 1.09 bits per heavy atom. The van der Waals surface area contributed by atoms with Crippen molar-refractivity contribution in [2.45, 2.75) is 11.9 Å². The molecule has 0 saturated heterocycles. The Hall–Kier alpha value is -2.12. The predicted octanol–water partition coefficient (Wildman–Crippen LogP) is 2.98. The highest BCUT2D eigenvalue weighted by Crippen LogP contribution is 2.34. The zero-order chi connectivity index (χ0) is 15.7. The van der Waals surface area contributed by atoms with E-state index in [1.165, 1.54) is 17.4 Å². The molecule has 0 unspecified atom stereocenters. The van der Waals surface area contributed by atoms with E-state index in [-0.39, 0.29) is 5.03 Å². The topological polar surface area (TPSA) is 72.8 Å². The zero-order valence-electron chi connectivity index (χ0n) is 12.0. The fourth-order valence-corrected chi connectivity index (χ4v) is 3.61. The second kappa shape index (κ2) is 5.58. The van der Waals surface area contributed by atoms with Gasteiger partial charge >= 0.3 is 0 Å². The first kappa shape index (κ1) is 14.8. The van der Waals surface area contributed by atoms with E-state index >= 15 is 0 Å². The Kier molecular flexibility index (Phi) is 3.76. The lowest BCUT2D eigenvalue weighted by molar-refractivity contribution is 0.598. The predicted molar refractivity (Wildman–Crippen MR) is 86.4 cm³/mol. The lowest BCUT2D eigenvalue weighted by Gasteiger charge is -2.01. The van der Waals surface area contributed by atoms with Crippen LogP contribution in [-0.2, 0) is 9.84 Å². The van der Waals surface area contributed by atoms with Crippen LogP contribution >= 0.6 is 11.3 Å². The summed E-state index contributed by atoms with van der Waals surface area (Å²) in [4.78, 5) is 13.7. The third-order valence-corrected chi connectivity index (χ3v) is 5.26. The van der Waals surface area contributed by atoms with Gasteiger partial charge in [-0.2, -0.15) is 0 Å². The van der Waals surface area contributed by atoms with Crippen molar-refractivity contribution in [2.24, 2.45) is 0 Å². The van der Waals surface area contributed by atoms with Crippen molar-refractivity contribution in [3.63, 3.8) is 0 Å². The summed E-state index contributed by atoms with van der Waals surface area (Å²) in [5.41, 5.74) is 2.37. The van der Waals surface area contributed by atoms with E-state index in [4.69, 9.17) is 0 Å². The van der Waals surface area contributed by atoms with Gasteiger partial charge in [-0.15, -0.1) is 11.3 Å². The van der Waals surface area contributed by atoms with Crippen LogP contribution in [0.25, 0.3) is 21.1 Å². The Bertz CT molecular complexity index is 919. The van der Waals surface area contributed by atoms with Crippen molar-refractivity contribution in [3.05, 3.63) is 48.4 Å². The average Bonchev–Trinajstić information content (AvgIpc) is 2.89. The molecular formula is C15H13N3O2S2. The van der Waals surface area contributed by atoms with Crippen molar-refractivity contribution < 1.29 is 8.42 Å². The minimum absolute atomic E-state index is 0.0701. The maximum Gasteiger partial charge on any atom is 0.192 e. The van der Waals surface area contributed by atoms with Gasteiger partial charge in [-0.25, -0.2) is 18.4 Å². The van der Waals surface area contributed by atoms with Gasteiger partial charge in [0, 0.05) is 24.2 Å². The summed E-state index contributed by atoms with van der Waals surface area (Å²) in [6, 6.07) is 8.78. The van der Waals surface area contributed by atoms with Crippen LogP contribution in [-0.4, -0.2) is 29.6 Å². The molecule has 3 aromatic heterocycles. The molecule has 0 radical (unpaired) electrons.